The van der Waals surface area contributed by atoms with Gasteiger partial charge in [-0.3, -0.25) is 4.79 Å². The van der Waals surface area contributed by atoms with Gasteiger partial charge in [0.2, 0.25) is 5.91 Å². The molecule has 7 nitrogen and oxygen atoms in total. The number of amides is 1. The number of benzene rings is 1. The van der Waals surface area contributed by atoms with E-state index in [1.807, 2.05) is 6.07 Å². The molecule has 0 aliphatic carbocycles. The van der Waals surface area contributed by atoms with Crippen LogP contribution in [0.25, 0.3) is 0 Å². The first-order valence-corrected chi connectivity index (χ1v) is 7.42. The molecule has 0 atom stereocenters. The van der Waals surface area contributed by atoms with E-state index in [0.29, 0.717) is 5.69 Å². The summed E-state index contributed by atoms with van der Waals surface area (Å²) in [5, 5.41) is 10.8. The number of carbonyl (C=O) groups is 1. The molecule has 1 amide bonds. The first kappa shape index (κ1) is 17.0. The van der Waals surface area contributed by atoms with E-state index in [9.17, 15) is 17.6 Å². The minimum Gasteiger partial charge on any atom is -0.325 e. The lowest BCUT2D eigenvalue weighted by molar-refractivity contribution is -0.115. The molecule has 9 heteroatoms. The summed E-state index contributed by atoms with van der Waals surface area (Å²) in [6, 6.07) is 6.90. The minimum absolute atomic E-state index is 0.0331. The third-order valence-electron chi connectivity index (χ3n) is 2.49. The van der Waals surface area contributed by atoms with Gasteiger partial charge < -0.3 is 5.32 Å². The van der Waals surface area contributed by atoms with Gasteiger partial charge in [-0.2, -0.15) is 22.7 Å². The van der Waals surface area contributed by atoms with Crippen LogP contribution in [0.4, 0.5) is 10.1 Å². The van der Waals surface area contributed by atoms with E-state index < -0.39 is 28.5 Å². The van der Waals surface area contributed by atoms with Crippen molar-refractivity contribution in [1.29, 1.82) is 5.26 Å². The van der Waals surface area contributed by atoms with Gasteiger partial charge in [-0.1, -0.05) is 0 Å². The largest absolute Gasteiger partial charge is 0.325 e. The van der Waals surface area contributed by atoms with E-state index in [2.05, 4.69) is 10.0 Å². The molecule has 0 aliphatic rings. The van der Waals surface area contributed by atoms with Crippen molar-refractivity contribution in [3.05, 3.63) is 30.1 Å². The molecule has 2 N–H and O–H groups in total. The minimum atomic E-state index is -3.82. The summed E-state index contributed by atoms with van der Waals surface area (Å²) in [4.78, 5) is 11.6. The van der Waals surface area contributed by atoms with Crippen LogP contribution in [0.3, 0.4) is 0 Å². The van der Waals surface area contributed by atoms with Crippen LogP contribution < -0.4 is 10.0 Å². The summed E-state index contributed by atoms with van der Waals surface area (Å²) >= 11 is 0. The number of halogens is 1. The van der Waals surface area contributed by atoms with Crippen LogP contribution >= 0.6 is 0 Å². The second-order valence-electron chi connectivity index (χ2n) is 4.11. The topological polar surface area (TPSA) is 102 Å². The normalized spacial score (nSPS) is 11.1. The number of hydrogen-bond acceptors (Lipinski definition) is 4. The predicted octanol–water partition coefficient (Wildman–Crippen LogP) is 0.444. The summed E-state index contributed by atoms with van der Waals surface area (Å²) in [7, 11) is -2.51. The average Bonchev–Trinajstić information content (AvgIpc) is 2.45. The van der Waals surface area contributed by atoms with Crippen LogP contribution in [0.2, 0.25) is 0 Å². The van der Waals surface area contributed by atoms with Gasteiger partial charge in [-0.05, 0) is 24.3 Å². The molecule has 0 heterocycles. The van der Waals surface area contributed by atoms with Crippen LogP contribution in [0.1, 0.15) is 6.42 Å². The Hall–Kier alpha value is -2.02. The van der Waals surface area contributed by atoms with Crippen LogP contribution in [0.5, 0.6) is 0 Å². The van der Waals surface area contributed by atoms with Crippen LogP contribution in [-0.4, -0.2) is 38.8 Å². The van der Waals surface area contributed by atoms with Crippen molar-refractivity contribution in [2.45, 2.75) is 6.42 Å². The monoisotopic (exact) mass is 314 g/mol. The van der Waals surface area contributed by atoms with Crippen LogP contribution in [0, 0.1) is 17.1 Å². The number of nitriles is 1. The Bertz CT molecular complexity index is 625. The lowest BCUT2D eigenvalue weighted by atomic mass is 10.3. The number of nitrogens with one attached hydrogen (secondary N) is 2. The van der Waals surface area contributed by atoms with Crippen molar-refractivity contribution in [3.63, 3.8) is 0 Å². The van der Waals surface area contributed by atoms with Gasteiger partial charge in [-0.25, -0.2) is 4.39 Å². The number of nitrogens with zero attached hydrogens (tertiary/aromatic N) is 2. The van der Waals surface area contributed by atoms with E-state index in [4.69, 9.17) is 5.26 Å². The highest BCUT2D eigenvalue weighted by Crippen LogP contribution is 2.07. The van der Waals surface area contributed by atoms with E-state index in [-0.39, 0.29) is 13.0 Å². The molecule has 1 rings (SSSR count). The number of hydrogen-bond donors (Lipinski definition) is 2. The van der Waals surface area contributed by atoms with Gasteiger partial charge in [0.25, 0.3) is 10.2 Å². The van der Waals surface area contributed by atoms with Crippen molar-refractivity contribution in [1.82, 2.24) is 9.03 Å². The van der Waals surface area contributed by atoms with Gasteiger partial charge >= 0.3 is 0 Å². The average molecular weight is 314 g/mol. The Labute approximate surface area is 122 Å². The Kier molecular flexibility index (Phi) is 6.23. The quantitative estimate of drug-likeness (QED) is 0.762. The highest BCUT2D eigenvalue weighted by molar-refractivity contribution is 7.87. The Morgan fingerprint density at radius 3 is 2.57 bits per heavy atom. The standard InChI is InChI=1S/C12H15FN4O3S/c1-17(8-2-7-14)21(19,20)15-9-12(18)16-11-5-3-10(13)4-6-11/h3-6,15H,2,8-9H2,1H3,(H,16,18). The summed E-state index contributed by atoms with van der Waals surface area (Å²) < 4.78 is 39.2. The fourth-order valence-corrected chi connectivity index (χ4v) is 2.20. The SMILES string of the molecule is CN(CCC#N)S(=O)(=O)NCC(=O)Nc1ccc(F)cc1. The van der Waals surface area contributed by atoms with Gasteiger partial charge in [0.1, 0.15) is 5.82 Å². The van der Waals surface area contributed by atoms with Crippen molar-refractivity contribution < 1.29 is 17.6 Å². The molecule has 0 unspecified atom stereocenters. The molecule has 1 aromatic rings. The lowest BCUT2D eigenvalue weighted by Crippen LogP contribution is -2.42. The van der Waals surface area contributed by atoms with Gasteiger partial charge in [0, 0.05) is 25.7 Å². The number of anilines is 1. The second kappa shape index (κ2) is 7.68. The highest BCUT2D eigenvalue weighted by Gasteiger charge is 2.18. The van der Waals surface area contributed by atoms with Crippen molar-refractivity contribution in [2.75, 3.05) is 25.5 Å². The zero-order chi connectivity index (χ0) is 15.9. The van der Waals surface area contributed by atoms with Gasteiger partial charge in [0.15, 0.2) is 0 Å². The maximum Gasteiger partial charge on any atom is 0.279 e. The predicted molar refractivity (Wildman–Crippen MR) is 74.8 cm³/mol. The number of carbonyl (C=O) groups excluding carboxylic acids is 1. The number of rotatable bonds is 7. The molecule has 1 aromatic carbocycles. The molecule has 0 fully saturated rings. The molecule has 0 saturated carbocycles. The second-order valence-corrected chi connectivity index (χ2v) is 5.97. The molecule has 0 spiro atoms. The molecule has 0 aromatic heterocycles. The molecular weight excluding hydrogens is 299 g/mol. The third-order valence-corrected chi connectivity index (χ3v) is 4.00. The van der Waals surface area contributed by atoms with Crippen molar-refractivity contribution in [3.8, 4) is 6.07 Å². The zero-order valence-corrected chi connectivity index (χ0v) is 12.2. The van der Waals surface area contributed by atoms with Crippen molar-refractivity contribution >= 4 is 21.8 Å². The molecule has 0 aliphatic heterocycles. The molecule has 0 saturated heterocycles. The Morgan fingerprint density at radius 2 is 2.00 bits per heavy atom. The fourth-order valence-electron chi connectivity index (χ4n) is 1.33. The van der Waals surface area contributed by atoms with E-state index in [1.165, 1.54) is 31.3 Å². The molecule has 114 valence electrons. The summed E-state index contributed by atoms with van der Waals surface area (Å²) in [5.41, 5.74) is 0.360. The van der Waals surface area contributed by atoms with Gasteiger partial charge in [0.05, 0.1) is 12.6 Å². The van der Waals surface area contributed by atoms with E-state index in [1.54, 1.807) is 0 Å². The lowest BCUT2D eigenvalue weighted by Gasteiger charge is -2.16. The third kappa shape index (κ3) is 5.86. The Morgan fingerprint density at radius 1 is 1.38 bits per heavy atom. The summed E-state index contributed by atoms with van der Waals surface area (Å²) in [6.45, 7) is -0.429. The van der Waals surface area contributed by atoms with E-state index >= 15 is 0 Å². The first-order chi connectivity index (χ1) is 9.85. The van der Waals surface area contributed by atoms with Gasteiger partial charge in [-0.15, -0.1) is 0 Å². The molecule has 0 bridgehead atoms. The first-order valence-electron chi connectivity index (χ1n) is 5.98. The maximum atomic E-state index is 12.7. The Balaban J connectivity index is 2.48. The fraction of sp³-hybridized carbons (Fsp3) is 0.333. The molecule has 0 radical (unpaired) electrons. The van der Waals surface area contributed by atoms with E-state index in [0.717, 1.165) is 4.31 Å². The highest BCUT2D eigenvalue weighted by atomic mass is 32.2. The smallest absolute Gasteiger partial charge is 0.279 e. The summed E-state index contributed by atoms with van der Waals surface area (Å²) in [6.07, 6.45) is 0.0547. The zero-order valence-electron chi connectivity index (χ0n) is 11.3. The van der Waals surface area contributed by atoms with Crippen molar-refractivity contribution in [2.24, 2.45) is 0 Å². The van der Waals surface area contributed by atoms with Crippen LogP contribution in [-0.2, 0) is 15.0 Å². The molecular formula is C12H15FN4O3S. The summed E-state index contributed by atoms with van der Waals surface area (Å²) in [5.74, 6) is -1.02. The molecule has 21 heavy (non-hydrogen) atoms. The maximum absolute atomic E-state index is 12.7. The van der Waals surface area contributed by atoms with Crippen LogP contribution in [0.15, 0.2) is 24.3 Å².